The molecule has 0 aliphatic carbocycles. The summed E-state index contributed by atoms with van der Waals surface area (Å²) in [6.45, 7) is 0.184. The molecule has 25 heavy (non-hydrogen) atoms. The van der Waals surface area contributed by atoms with Crippen molar-refractivity contribution < 1.29 is 18.5 Å². The van der Waals surface area contributed by atoms with Crippen molar-refractivity contribution in [2.45, 2.75) is 12.1 Å². The zero-order valence-corrected chi connectivity index (χ0v) is 13.6. The molecule has 1 fully saturated rings. The van der Waals surface area contributed by atoms with E-state index in [1.807, 2.05) is 71.5 Å². The monoisotopic (exact) mass is 332 g/mol. The molecule has 1 aliphatic heterocycles. The Hall–Kier alpha value is -3.14. The number of benzene rings is 2. The lowest BCUT2D eigenvalue weighted by Gasteiger charge is -2.29. The number of cyclic esters (lactones) is 1. The number of furan rings is 1. The highest BCUT2D eigenvalue weighted by Gasteiger charge is 2.42. The lowest BCUT2D eigenvalue weighted by molar-refractivity contribution is -0.584. The summed E-state index contributed by atoms with van der Waals surface area (Å²) in [6, 6.07) is 23.5. The van der Waals surface area contributed by atoms with Crippen molar-refractivity contribution in [1.29, 1.82) is 0 Å². The minimum Gasteiger partial charge on any atom is -0.459 e. The van der Waals surface area contributed by atoms with E-state index in [2.05, 4.69) is 12.1 Å². The fourth-order valence-electron chi connectivity index (χ4n) is 3.23. The molecule has 124 valence electrons. The summed E-state index contributed by atoms with van der Waals surface area (Å²) in [7, 11) is 0. The second kappa shape index (κ2) is 6.77. The number of morpholine rings is 1. The molecule has 3 aromatic rings. The summed E-state index contributed by atoms with van der Waals surface area (Å²) in [5, 5.41) is 0. The summed E-state index contributed by atoms with van der Waals surface area (Å²) in [4.78, 5) is 12.2. The van der Waals surface area contributed by atoms with Gasteiger partial charge in [0.05, 0.1) is 6.26 Å². The van der Waals surface area contributed by atoms with E-state index in [0.717, 1.165) is 11.1 Å². The Bertz CT molecular complexity index is 870. The standard InChI is InChI=1S/C21H18NO3/c23-19-15-22(14-18-12-7-13-24-18)20(16-8-3-1-4-9-16)21(25-19)17-10-5-2-6-11-17/h1-14,20-21H,15H2/q+1/t20-,21+/m0/s1. The number of esters is 1. The van der Waals surface area contributed by atoms with Gasteiger partial charge < -0.3 is 9.15 Å². The van der Waals surface area contributed by atoms with Crippen LogP contribution in [0.5, 0.6) is 0 Å². The molecular weight excluding hydrogens is 314 g/mol. The minimum absolute atomic E-state index is 0.119. The van der Waals surface area contributed by atoms with Crippen molar-refractivity contribution in [3.8, 4) is 0 Å². The number of ether oxygens (including phenoxy) is 1. The molecule has 0 spiro atoms. The van der Waals surface area contributed by atoms with E-state index in [9.17, 15) is 4.79 Å². The molecule has 4 rings (SSSR count). The second-order valence-corrected chi connectivity index (χ2v) is 5.99. The van der Waals surface area contributed by atoms with Crippen LogP contribution in [0.3, 0.4) is 0 Å². The van der Waals surface area contributed by atoms with Crippen molar-refractivity contribution in [3.05, 3.63) is 95.9 Å². The molecule has 2 aromatic carbocycles. The Kier molecular flexibility index (Phi) is 4.17. The highest BCUT2D eigenvalue weighted by atomic mass is 16.5. The van der Waals surface area contributed by atoms with E-state index < -0.39 is 0 Å². The number of nitrogens with zero attached hydrogens (tertiary/aromatic N) is 1. The van der Waals surface area contributed by atoms with Crippen LogP contribution in [0.25, 0.3) is 0 Å². The Labute approximate surface area is 146 Å². The molecule has 2 atom stereocenters. The Morgan fingerprint density at radius 2 is 1.56 bits per heavy atom. The Balaban J connectivity index is 1.83. The number of rotatable bonds is 3. The second-order valence-electron chi connectivity index (χ2n) is 5.99. The third-order valence-electron chi connectivity index (χ3n) is 4.32. The molecular formula is C21H18NO3+. The van der Waals surface area contributed by atoms with Crippen LogP contribution in [-0.2, 0) is 9.53 Å². The molecule has 0 amide bonds. The zero-order valence-electron chi connectivity index (χ0n) is 13.6. The summed E-state index contributed by atoms with van der Waals surface area (Å²) >= 11 is 0. The van der Waals surface area contributed by atoms with Gasteiger partial charge in [0.2, 0.25) is 18.8 Å². The summed E-state index contributed by atoms with van der Waals surface area (Å²) in [5.41, 5.74) is 2.06. The van der Waals surface area contributed by atoms with Crippen LogP contribution in [0.2, 0.25) is 0 Å². The summed E-state index contributed by atoms with van der Waals surface area (Å²) < 4.78 is 13.2. The van der Waals surface area contributed by atoms with Crippen LogP contribution in [0.4, 0.5) is 0 Å². The van der Waals surface area contributed by atoms with Gasteiger partial charge in [0, 0.05) is 5.56 Å². The van der Waals surface area contributed by atoms with Crippen LogP contribution in [0.15, 0.2) is 83.5 Å². The first-order valence-corrected chi connectivity index (χ1v) is 8.25. The molecule has 1 saturated heterocycles. The fraction of sp³-hybridized carbons (Fsp3) is 0.143. The SMILES string of the molecule is O=C1C[N+](=Cc2ccco2)[C@@H](c2ccccc2)[C@@H](c2ccccc2)O1. The van der Waals surface area contributed by atoms with Crippen molar-refractivity contribution in [3.63, 3.8) is 0 Å². The van der Waals surface area contributed by atoms with Gasteiger partial charge in [-0.15, -0.1) is 0 Å². The van der Waals surface area contributed by atoms with Gasteiger partial charge in [-0.2, -0.15) is 0 Å². The Morgan fingerprint density at radius 3 is 2.20 bits per heavy atom. The largest absolute Gasteiger partial charge is 0.459 e. The number of hydrogen-bond acceptors (Lipinski definition) is 3. The van der Waals surface area contributed by atoms with E-state index in [1.165, 1.54) is 0 Å². The van der Waals surface area contributed by atoms with Crippen LogP contribution in [0.1, 0.15) is 29.0 Å². The summed E-state index contributed by atoms with van der Waals surface area (Å²) in [6.07, 6.45) is 3.13. The van der Waals surface area contributed by atoms with Crippen LogP contribution < -0.4 is 0 Å². The van der Waals surface area contributed by atoms with E-state index in [1.54, 1.807) is 6.26 Å². The lowest BCUT2D eigenvalue weighted by Crippen LogP contribution is -2.39. The van der Waals surface area contributed by atoms with Gasteiger partial charge in [-0.05, 0) is 17.7 Å². The third kappa shape index (κ3) is 3.24. The van der Waals surface area contributed by atoms with Crippen molar-refractivity contribution in [2.75, 3.05) is 6.54 Å². The normalized spacial score (nSPS) is 21.9. The maximum Gasteiger partial charge on any atom is 0.373 e. The van der Waals surface area contributed by atoms with Crippen molar-refractivity contribution in [2.24, 2.45) is 0 Å². The van der Waals surface area contributed by atoms with Gasteiger partial charge in [-0.1, -0.05) is 60.7 Å². The van der Waals surface area contributed by atoms with E-state index >= 15 is 0 Å². The van der Waals surface area contributed by atoms with Crippen LogP contribution in [-0.4, -0.2) is 23.3 Å². The predicted molar refractivity (Wildman–Crippen MR) is 93.5 cm³/mol. The first-order valence-electron chi connectivity index (χ1n) is 8.25. The van der Waals surface area contributed by atoms with Crippen molar-refractivity contribution >= 4 is 12.2 Å². The molecule has 2 heterocycles. The van der Waals surface area contributed by atoms with Gasteiger partial charge in [0.1, 0.15) is 0 Å². The molecule has 0 unspecified atom stereocenters. The average Bonchev–Trinajstić information content (AvgIpc) is 3.16. The van der Waals surface area contributed by atoms with Crippen molar-refractivity contribution in [1.82, 2.24) is 0 Å². The third-order valence-corrected chi connectivity index (χ3v) is 4.32. The van der Waals surface area contributed by atoms with Crippen LogP contribution in [0, 0.1) is 0 Å². The van der Waals surface area contributed by atoms with Gasteiger partial charge in [-0.25, -0.2) is 9.37 Å². The summed E-state index contributed by atoms with van der Waals surface area (Å²) in [5.74, 6) is 0.464. The highest BCUT2D eigenvalue weighted by molar-refractivity contribution is 5.75. The maximum atomic E-state index is 12.2. The van der Waals surface area contributed by atoms with E-state index in [4.69, 9.17) is 9.15 Å². The average molecular weight is 332 g/mol. The molecule has 0 N–H and O–H groups in total. The first-order chi connectivity index (χ1) is 12.3. The maximum absolute atomic E-state index is 12.2. The molecule has 1 aliphatic rings. The highest BCUT2D eigenvalue weighted by Crippen LogP contribution is 2.37. The van der Waals surface area contributed by atoms with Gasteiger partial charge in [0.15, 0.2) is 11.9 Å². The topological polar surface area (TPSA) is 42.5 Å². The van der Waals surface area contributed by atoms with Gasteiger partial charge in [-0.3, -0.25) is 0 Å². The smallest absolute Gasteiger partial charge is 0.373 e. The quantitative estimate of drug-likeness (QED) is 0.542. The zero-order chi connectivity index (χ0) is 17.1. The van der Waals surface area contributed by atoms with Gasteiger partial charge >= 0.3 is 5.97 Å². The van der Waals surface area contributed by atoms with E-state index in [0.29, 0.717) is 5.76 Å². The first kappa shape index (κ1) is 15.4. The molecule has 0 bridgehead atoms. The fourth-order valence-corrected chi connectivity index (χ4v) is 3.23. The number of carbonyl (C=O) groups excluding carboxylic acids is 1. The van der Waals surface area contributed by atoms with E-state index in [-0.39, 0.29) is 24.7 Å². The molecule has 4 nitrogen and oxygen atoms in total. The Morgan fingerprint density at radius 1 is 0.880 bits per heavy atom. The number of hydrogen-bond donors (Lipinski definition) is 0. The van der Waals surface area contributed by atoms with Crippen LogP contribution >= 0.6 is 0 Å². The molecule has 1 aromatic heterocycles. The minimum atomic E-state index is -0.379. The molecule has 4 heteroatoms. The number of carbonyl (C=O) groups is 1. The van der Waals surface area contributed by atoms with Gasteiger partial charge in [0.25, 0.3) is 0 Å². The molecule has 0 saturated carbocycles. The lowest BCUT2D eigenvalue weighted by atomic mass is 9.94. The predicted octanol–water partition coefficient (Wildman–Crippen LogP) is 3.75. The molecule has 0 radical (unpaired) electrons.